The lowest BCUT2D eigenvalue weighted by molar-refractivity contribution is -0.118. The molecular weight excluding hydrogens is 335 g/mol. The van der Waals surface area contributed by atoms with E-state index in [0.717, 1.165) is 5.82 Å². The maximum Gasteiger partial charge on any atom is 0.254 e. The highest BCUT2D eigenvalue weighted by Crippen LogP contribution is 2.14. The molecule has 2 rings (SSSR count). The Morgan fingerprint density at radius 1 is 1.12 bits per heavy atom. The number of nitrogens with zero attached hydrogens (tertiary/aromatic N) is 2. The van der Waals surface area contributed by atoms with Gasteiger partial charge in [0.2, 0.25) is 5.91 Å². The highest BCUT2D eigenvalue weighted by Gasteiger charge is 2.25. The quantitative estimate of drug-likeness (QED) is 0.833. The van der Waals surface area contributed by atoms with Crippen LogP contribution in [-0.2, 0) is 4.79 Å². The Kier molecular flexibility index (Phi) is 6.27. The first kappa shape index (κ1) is 19.4. The fourth-order valence-electron chi connectivity index (χ4n) is 2.34. The molecule has 0 saturated heterocycles. The molecule has 6 nitrogen and oxygen atoms in total. The Bertz CT molecular complexity index is 775. The van der Waals surface area contributed by atoms with E-state index in [4.69, 9.17) is 0 Å². The molecule has 1 atom stereocenters. The van der Waals surface area contributed by atoms with Gasteiger partial charge in [0.25, 0.3) is 5.91 Å². The Labute approximate surface area is 152 Å². The van der Waals surface area contributed by atoms with E-state index in [1.807, 2.05) is 19.0 Å². The Hall–Kier alpha value is -2.96. The second-order valence-electron chi connectivity index (χ2n) is 6.46. The average molecular weight is 358 g/mol. The number of amides is 2. The molecule has 138 valence electrons. The molecule has 0 aliphatic rings. The lowest BCUT2D eigenvalue weighted by Crippen LogP contribution is -2.47. The molecule has 1 aromatic carbocycles. The lowest BCUT2D eigenvalue weighted by Gasteiger charge is -2.22. The monoisotopic (exact) mass is 358 g/mol. The third-order valence-corrected chi connectivity index (χ3v) is 3.83. The van der Waals surface area contributed by atoms with Gasteiger partial charge in [0.05, 0.1) is 17.4 Å². The first-order chi connectivity index (χ1) is 12.3. The summed E-state index contributed by atoms with van der Waals surface area (Å²) in [4.78, 5) is 30.9. The number of pyridine rings is 1. The minimum atomic E-state index is -0.810. The predicted octanol–water partition coefficient (Wildman–Crippen LogP) is 2.68. The van der Waals surface area contributed by atoms with Crippen LogP contribution in [0.1, 0.15) is 24.2 Å². The van der Waals surface area contributed by atoms with Crippen molar-refractivity contribution in [1.82, 2.24) is 10.3 Å². The molecule has 2 amide bonds. The van der Waals surface area contributed by atoms with E-state index in [1.165, 1.54) is 18.2 Å². The third kappa shape index (κ3) is 4.78. The molecule has 0 spiro atoms. The topological polar surface area (TPSA) is 74.3 Å². The van der Waals surface area contributed by atoms with Crippen LogP contribution >= 0.6 is 0 Å². The molecule has 0 radical (unpaired) electrons. The van der Waals surface area contributed by atoms with Crippen molar-refractivity contribution < 1.29 is 14.0 Å². The Morgan fingerprint density at radius 2 is 1.81 bits per heavy atom. The van der Waals surface area contributed by atoms with Gasteiger partial charge < -0.3 is 15.5 Å². The van der Waals surface area contributed by atoms with Crippen molar-refractivity contribution in [2.24, 2.45) is 5.92 Å². The molecule has 2 aromatic rings. The summed E-state index contributed by atoms with van der Waals surface area (Å²) in [5, 5.41) is 5.34. The maximum absolute atomic E-state index is 13.8. The number of rotatable bonds is 6. The van der Waals surface area contributed by atoms with Gasteiger partial charge in [0.1, 0.15) is 17.7 Å². The van der Waals surface area contributed by atoms with Gasteiger partial charge in [-0.15, -0.1) is 0 Å². The number of hydrogen-bond donors (Lipinski definition) is 2. The highest BCUT2D eigenvalue weighted by molar-refractivity contribution is 6.01. The molecule has 1 heterocycles. The molecule has 7 heteroatoms. The van der Waals surface area contributed by atoms with Crippen LogP contribution in [0.4, 0.5) is 15.9 Å². The van der Waals surface area contributed by atoms with Gasteiger partial charge in [-0.3, -0.25) is 9.59 Å². The van der Waals surface area contributed by atoms with E-state index in [9.17, 15) is 14.0 Å². The lowest BCUT2D eigenvalue weighted by atomic mass is 10.0. The van der Waals surface area contributed by atoms with Crippen molar-refractivity contribution in [1.29, 1.82) is 0 Å². The normalized spacial score (nSPS) is 11.8. The molecule has 1 aromatic heterocycles. The van der Waals surface area contributed by atoms with Gasteiger partial charge in [0, 0.05) is 14.1 Å². The smallest absolute Gasteiger partial charge is 0.254 e. The van der Waals surface area contributed by atoms with Crippen LogP contribution in [0.2, 0.25) is 0 Å². The molecule has 2 N–H and O–H groups in total. The number of carbonyl (C=O) groups is 2. The van der Waals surface area contributed by atoms with Crippen molar-refractivity contribution in [2.45, 2.75) is 19.9 Å². The number of nitrogens with one attached hydrogen (secondary N) is 2. The number of halogens is 1. The molecule has 0 aliphatic heterocycles. The van der Waals surface area contributed by atoms with E-state index in [1.54, 1.807) is 38.2 Å². The first-order valence-electron chi connectivity index (χ1n) is 8.29. The first-order valence-corrected chi connectivity index (χ1v) is 8.29. The van der Waals surface area contributed by atoms with Gasteiger partial charge in [-0.2, -0.15) is 0 Å². The van der Waals surface area contributed by atoms with Gasteiger partial charge in [0.15, 0.2) is 0 Å². The van der Waals surface area contributed by atoms with Crippen molar-refractivity contribution in [2.75, 3.05) is 24.3 Å². The molecule has 1 unspecified atom stereocenters. The molecule has 0 bridgehead atoms. The maximum atomic E-state index is 13.8. The van der Waals surface area contributed by atoms with E-state index in [0.29, 0.717) is 5.69 Å². The van der Waals surface area contributed by atoms with Crippen molar-refractivity contribution in [3.8, 4) is 0 Å². The minimum absolute atomic E-state index is 0.0945. The minimum Gasteiger partial charge on any atom is -0.363 e. The Morgan fingerprint density at radius 3 is 2.35 bits per heavy atom. The molecular formula is C19H23FN4O2. The van der Waals surface area contributed by atoms with Crippen LogP contribution < -0.4 is 15.5 Å². The summed E-state index contributed by atoms with van der Waals surface area (Å²) in [6.45, 7) is 3.61. The van der Waals surface area contributed by atoms with Crippen LogP contribution in [0.15, 0.2) is 42.6 Å². The van der Waals surface area contributed by atoms with E-state index < -0.39 is 17.8 Å². The van der Waals surface area contributed by atoms with Crippen molar-refractivity contribution in [3.05, 3.63) is 54.0 Å². The number of aromatic nitrogens is 1. The fraction of sp³-hybridized carbons (Fsp3) is 0.316. The number of benzene rings is 1. The fourth-order valence-corrected chi connectivity index (χ4v) is 2.34. The zero-order valence-electron chi connectivity index (χ0n) is 15.3. The number of hydrogen-bond acceptors (Lipinski definition) is 4. The summed E-state index contributed by atoms with van der Waals surface area (Å²) in [5.41, 5.74) is 0.425. The van der Waals surface area contributed by atoms with Gasteiger partial charge >= 0.3 is 0 Å². The van der Waals surface area contributed by atoms with Crippen molar-refractivity contribution in [3.63, 3.8) is 0 Å². The number of anilines is 2. The summed E-state index contributed by atoms with van der Waals surface area (Å²) in [6, 6.07) is 8.36. The van der Waals surface area contributed by atoms with Gasteiger partial charge in [-0.25, -0.2) is 9.37 Å². The molecule has 0 fully saturated rings. The summed E-state index contributed by atoms with van der Waals surface area (Å²) < 4.78 is 13.8. The van der Waals surface area contributed by atoms with Gasteiger partial charge in [-0.1, -0.05) is 26.0 Å². The molecule has 0 saturated carbocycles. The SMILES string of the molecule is CC(C)C(NC(=O)c1ccccc1F)C(=O)Nc1ccc(N(C)C)nc1. The van der Waals surface area contributed by atoms with Crippen LogP contribution in [0, 0.1) is 11.7 Å². The summed E-state index contributed by atoms with van der Waals surface area (Å²) in [7, 11) is 3.74. The largest absolute Gasteiger partial charge is 0.363 e. The summed E-state index contributed by atoms with van der Waals surface area (Å²) >= 11 is 0. The second kappa shape index (κ2) is 8.42. The highest BCUT2D eigenvalue weighted by atomic mass is 19.1. The van der Waals surface area contributed by atoms with E-state index in [-0.39, 0.29) is 17.4 Å². The van der Waals surface area contributed by atoms with E-state index >= 15 is 0 Å². The number of carbonyl (C=O) groups excluding carboxylic acids is 2. The van der Waals surface area contributed by atoms with Crippen LogP contribution in [-0.4, -0.2) is 36.9 Å². The predicted molar refractivity (Wildman–Crippen MR) is 99.7 cm³/mol. The summed E-state index contributed by atoms with van der Waals surface area (Å²) in [5.74, 6) is -1.06. The van der Waals surface area contributed by atoms with Gasteiger partial charge in [-0.05, 0) is 30.2 Å². The Balaban J connectivity index is 2.10. The molecule has 26 heavy (non-hydrogen) atoms. The van der Waals surface area contributed by atoms with E-state index in [2.05, 4.69) is 15.6 Å². The van der Waals surface area contributed by atoms with Crippen LogP contribution in [0.5, 0.6) is 0 Å². The second-order valence-corrected chi connectivity index (χ2v) is 6.46. The zero-order valence-corrected chi connectivity index (χ0v) is 15.3. The summed E-state index contributed by atoms with van der Waals surface area (Å²) in [6.07, 6.45) is 1.54. The van der Waals surface area contributed by atoms with Crippen LogP contribution in [0.3, 0.4) is 0 Å². The zero-order chi connectivity index (χ0) is 19.3. The van der Waals surface area contributed by atoms with Crippen molar-refractivity contribution >= 4 is 23.3 Å². The molecule has 0 aliphatic carbocycles. The standard InChI is InChI=1S/C19H23FN4O2/c1-12(2)17(23-18(25)14-7-5-6-8-15(14)20)19(26)22-13-9-10-16(21-11-13)24(3)4/h5-12,17H,1-4H3,(H,22,26)(H,23,25). The average Bonchev–Trinajstić information content (AvgIpc) is 2.59. The van der Waals surface area contributed by atoms with Crippen LogP contribution in [0.25, 0.3) is 0 Å². The third-order valence-electron chi connectivity index (χ3n) is 3.83.